The van der Waals surface area contributed by atoms with Gasteiger partial charge in [-0.25, -0.2) is 9.97 Å². The van der Waals surface area contributed by atoms with Gasteiger partial charge in [-0.1, -0.05) is 0 Å². The van der Waals surface area contributed by atoms with Crippen molar-refractivity contribution in [1.29, 1.82) is 0 Å². The number of rotatable bonds is 5. The van der Waals surface area contributed by atoms with Crippen LogP contribution in [0.25, 0.3) is 0 Å². The Balaban J connectivity index is 2.85. The molecule has 1 amide bonds. The van der Waals surface area contributed by atoms with Crippen molar-refractivity contribution in [2.24, 2.45) is 0 Å². The van der Waals surface area contributed by atoms with Crippen molar-refractivity contribution < 1.29 is 9.53 Å². The number of carbonyl (C=O) groups excluding carboxylic acids is 1. The van der Waals surface area contributed by atoms with Crippen LogP contribution < -0.4 is 10.1 Å². The van der Waals surface area contributed by atoms with Crippen LogP contribution in [0.3, 0.4) is 0 Å². The Morgan fingerprint density at radius 3 is 2.72 bits per heavy atom. The summed E-state index contributed by atoms with van der Waals surface area (Å²) in [4.78, 5) is 21.5. The van der Waals surface area contributed by atoms with E-state index in [2.05, 4.69) is 15.3 Å². The number of hydrogen-bond acceptors (Lipinski definition) is 5. The third-order valence-corrected chi connectivity index (χ3v) is 2.48. The van der Waals surface area contributed by atoms with Crippen LogP contribution in [0.2, 0.25) is 0 Å². The molecule has 0 saturated heterocycles. The van der Waals surface area contributed by atoms with Crippen molar-refractivity contribution >= 4 is 11.7 Å². The van der Waals surface area contributed by atoms with Gasteiger partial charge in [-0.05, 0) is 20.8 Å². The molecule has 0 saturated carbocycles. The minimum absolute atomic E-state index is 0.00836. The quantitative estimate of drug-likeness (QED) is 0.849. The summed E-state index contributed by atoms with van der Waals surface area (Å²) in [5.74, 6) is 1.15. The number of aromatic nitrogens is 2. The molecule has 1 rings (SSSR count). The predicted molar refractivity (Wildman–Crippen MR) is 69.7 cm³/mol. The smallest absolute Gasteiger partial charge is 0.244 e. The molecule has 1 unspecified atom stereocenters. The molecule has 1 N–H and O–H groups in total. The summed E-state index contributed by atoms with van der Waals surface area (Å²) in [6, 6.07) is -0.344. The largest absolute Gasteiger partial charge is 0.478 e. The second kappa shape index (κ2) is 6.18. The minimum atomic E-state index is -0.344. The van der Waals surface area contributed by atoms with Gasteiger partial charge in [0.25, 0.3) is 0 Å². The third kappa shape index (κ3) is 3.32. The van der Waals surface area contributed by atoms with Crippen molar-refractivity contribution in [3.05, 3.63) is 11.9 Å². The van der Waals surface area contributed by atoms with Crippen LogP contribution in [-0.2, 0) is 4.79 Å². The van der Waals surface area contributed by atoms with E-state index < -0.39 is 0 Å². The maximum atomic E-state index is 11.8. The van der Waals surface area contributed by atoms with Crippen LogP contribution in [0.15, 0.2) is 6.33 Å². The second-order valence-corrected chi connectivity index (χ2v) is 4.18. The zero-order valence-corrected chi connectivity index (χ0v) is 11.5. The molecule has 0 radical (unpaired) electrons. The van der Waals surface area contributed by atoms with E-state index >= 15 is 0 Å². The van der Waals surface area contributed by atoms with Gasteiger partial charge in [-0.3, -0.25) is 4.79 Å². The lowest BCUT2D eigenvalue weighted by molar-refractivity contribution is -0.129. The van der Waals surface area contributed by atoms with E-state index in [0.717, 1.165) is 5.56 Å². The van der Waals surface area contributed by atoms with Gasteiger partial charge >= 0.3 is 0 Å². The van der Waals surface area contributed by atoms with Gasteiger partial charge in [0, 0.05) is 14.1 Å². The summed E-state index contributed by atoms with van der Waals surface area (Å²) in [6.45, 7) is 6.10. The van der Waals surface area contributed by atoms with E-state index in [9.17, 15) is 4.79 Å². The van der Waals surface area contributed by atoms with Crippen LogP contribution in [0, 0.1) is 6.92 Å². The molecule has 0 spiro atoms. The molecule has 0 aromatic carbocycles. The van der Waals surface area contributed by atoms with Crippen molar-refractivity contribution in [1.82, 2.24) is 14.9 Å². The monoisotopic (exact) mass is 252 g/mol. The van der Waals surface area contributed by atoms with Gasteiger partial charge < -0.3 is 15.0 Å². The molecule has 1 aromatic heterocycles. The lowest BCUT2D eigenvalue weighted by Crippen LogP contribution is -2.37. The summed E-state index contributed by atoms with van der Waals surface area (Å²) >= 11 is 0. The van der Waals surface area contributed by atoms with Crippen LogP contribution in [-0.4, -0.2) is 47.5 Å². The Hall–Kier alpha value is -1.85. The summed E-state index contributed by atoms with van der Waals surface area (Å²) in [6.07, 6.45) is 1.42. The molecule has 0 aliphatic carbocycles. The number of likely N-dealkylation sites (N-methyl/N-ethyl adjacent to an activating group) is 1. The molecular formula is C12H20N4O2. The van der Waals surface area contributed by atoms with E-state index in [-0.39, 0.29) is 11.9 Å². The van der Waals surface area contributed by atoms with Gasteiger partial charge in [0.05, 0.1) is 12.2 Å². The topological polar surface area (TPSA) is 67.4 Å². The SMILES string of the molecule is CCOc1ncnc(NC(C)C(=O)N(C)C)c1C. The van der Waals surface area contributed by atoms with Crippen LogP contribution in [0.4, 0.5) is 5.82 Å². The first-order valence-corrected chi connectivity index (χ1v) is 5.89. The van der Waals surface area contributed by atoms with Gasteiger partial charge in [0.2, 0.25) is 11.8 Å². The fourth-order valence-electron chi connectivity index (χ4n) is 1.52. The number of carbonyl (C=O) groups is 1. The number of nitrogens with zero attached hydrogens (tertiary/aromatic N) is 3. The maximum Gasteiger partial charge on any atom is 0.244 e. The average molecular weight is 252 g/mol. The van der Waals surface area contributed by atoms with E-state index in [0.29, 0.717) is 18.3 Å². The zero-order chi connectivity index (χ0) is 13.7. The molecule has 1 aromatic rings. The summed E-state index contributed by atoms with van der Waals surface area (Å²) < 4.78 is 5.38. The van der Waals surface area contributed by atoms with Crippen molar-refractivity contribution in [2.45, 2.75) is 26.8 Å². The summed E-state index contributed by atoms with van der Waals surface area (Å²) in [5.41, 5.74) is 0.803. The highest BCUT2D eigenvalue weighted by Crippen LogP contribution is 2.20. The normalized spacial score (nSPS) is 11.8. The molecule has 18 heavy (non-hydrogen) atoms. The van der Waals surface area contributed by atoms with E-state index in [1.54, 1.807) is 21.0 Å². The Morgan fingerprint density at radius 1 is 1.50 bits per heavy atom. The highest BCUT2D eigenvalue weighted by molar-refractivity contribution is 5.83. The summed E-state index contributed by atoms with van der Waals surface area (Å²) in [5, 5.41) is 3.07. The first-order valence-electron chi connectivity index (χ1n) is 5.89. The molecule has 0 aliphatic heterocycles. The Bertz CT molecular complexity index is 421. The first-order chi connectivity index (χ1) is 8.47. The highest BCUT2D eigenvalue weighted by atomic mass is 16.5. The Kier molecular flexibility index (Phi) is 4.88. The molecule has 0 fully saturated rings. The third-order valence-electron chi connectivity index (χ3n) is 2.48. The van der Waals surface area contributed by atoms with Gasteiger partial charge in [0.1, 0.15) is 18.2 Å². The van der Waals surface area contributed by atoms with Gasteiger partial charge in [-0.15, -0.1) is 0 Å². The molecule has 1 atom stereocenters. The molecule has 0 bridgehead atoms. The van der Waals surface area contributed by atoms with Crippen molar-refractivity contribution in [2.75, 3.05) is 26.0 Å². The number of amides is 1. The van der Waals surface area contributed by atoms with Gasteiger partial charge in [-0.2, -0.15) is 0 Å². The lowest BCUT2D eigenvalue weighted by atomic mass is 10.2. The Morgan fingerprint density at radius 2 is 2.17 bits per heavy atom. The molecule has 1 heterocycles. The predicted octanol–water partition coefficient (Wildman–Crippen LogP) is 1.07. The summed E-state index contributed by atoms with van der Waals surface area (Å²) in [7, 11) is 3.44. The minimum Gasteiger partial charge on any atom is -0.478 e. The molecular weight excluding hydrogens is 232 g/mol. The number of hydrogen-bond donors (Lipinski definition) is 1. The number of nitrogens with one attached hydrogen (secondary N) is 1. The van der Waals surface area contributed by atoms with Crippen molar-refractivity contribution in [3.63, 3.8) is 0 Å². The Labute approximate surface area is 107 Å². The second-order valence-electron chi connectivity index (χ2n) is 4.18. The van der Waals surface area contributed by atoms with Crippen LogP contribution in [0.5, 0.6) is 5.88 Å². The van der Waals surface area contributed by atoms with Crippen molar-refractivity contribution in [3.8, 4) is 5.88 Å². The fourth-order valence-corrected chi connectivity index (χ4v) is 1.52. The standard InChI is InChI=1S/C12H20N4O2/c1-6-18-11-8(2)10(13-7-14-11)15-9(3)12(17)16(4)5/h7,9H,6H2,1-5H3,(H,13,14,15). The highest BCUT2D eigenvalue weighted by Gasteiger charge is 2.17. The van der Waals surface area contributed by atoms with Crippen LogP contribution in [0.1, 0.15) is 19.4 Å². The van der Waals surface area contributed by atoms with Crippen LogP contribution >= 0.6 is 0 Å². The molecule has 6 nitrogen and oxygen atoms in total. The van der Waals surface area contributed by atoms with E-state index in [1.807, 2.05) is 13.8 Å². The maximum absolute atomic E-state index is 11.8. The van der Waals surface area contributed by atoms with E-state index in [4.69, 9.17) is 4.74 Å². The van der Waals surface area contributed by atoms with Gasteiger partial charge in [0.15, 0.2) is 0 Å². The fraction of sp³-hybridized carbons (Fsp3) is 0.583. The molecule has 0 aliphatic rings. The molecule has 6 heteroatoms. The zero-order valence-electron chi connectivity index (χ0n) is 11.5. The number of ether oxygens (including phenoxy) is 1. The average Bonchev–Trinajstić information content (AvgIpc) is 2.33. The number of anilines is 1. The lowest BCUT2D eigenvalue weighted by Gasteiger charge is -2.19. The van der Waals surface area contributed by atoms with E-state index in [1.165, 1.54) is 11.2 Å². The molecule has 100 valence electrons. The first kappa shape index (κ1) is 14.2.